The Labute approximate surface area is 131 Å². The fourth-order valence-corrected chi connectivity index (χ4v) is 3.89. The lowest BCUT2D eigenvalue weighted by Gasteiger charge is -2.49. The SMILES string of the molecule is CC1CCC1N1CC(CCCO)CC(NCC(C)(C)C)C1. The molecule has 0 aromatic heterocycles. The fraction of sp³-hybridized carbons (Fsp3) is 1.00. The molecule has 0 bridgehead atoms. The maximum atomic E-state index is 9.12. The number of piperidine rings is 1. The summed E-state index contributed by atoms with van der Waals surface area (Å²) in [7, 11) is 0. The van der Waals surface area contributed by atoms with Crippen molar-refractivity contribution in [2.45, 2.75) is 71.9 Å². The Morgan fingerprint density at radius 3 is 2.48 bits per heavy atom. The molecule has 4 unspecified atom stereocenters. The minimum atomic E-state index is 0.344. The molecule has 2 fully saturated rings. The maximum absolute atomic E-state index is 9.12. The Balaban J connectivity index is 1.89. The molecule has 3 heteroatoms. The molecule has 1 saturated carbocycles. The molecule has 2 aliphatic rings. The van der Waals surface area contributed by atoms with E-state index in [0.29, 0.717) is 18.1 Å². The van der Waals surface area contributed by atoms with Gasteiger partial charge in [0.2, 0.25) is 0 Å². The van der Waals surface area contributed by atoms with E-state index >= 15 is 0 Å². The van der Waals surface area contributed by atoms with Crippen molar-refractivity contribution >= 4 is 0 Å². The van der Waals surface area contributed by atoms with E-state index in [1.807, 2.05) is 0 Å². The Hall–Kier alpha value is -0.120. The lowest BCUT2D eigenvalue weighted by Crippen LogP contribution is -2.57. The Morgan fingerprint density at radius 1 is 1.19 bits per heavy atom. The van der Waals surface area contributed by atoms with E-state index in [1.54, 1.807) is 0 Å². The van der Waals surface area contributed by atoms with Gasteiger partial charge in [0.25, 0.3) is 0 Å². The largest absolute Gasteiger partial charge is 0.396 e. The van der Waals surface area contributed by atoms with Crippen molar-refractivity contribution in [3.8, 4) is 0 Å². The average Bonchev–Trinajstić information content (AvgIpc) is 2.40. The number of likely N-dealkylation sites (tertiary alicyclic amines) is 1. The topological polar surface area (TPSA) is 35.5 Å². The van der Waals surface area contributed by atoms with Gasteiger partial charge in [-0.05, 0) is 49.4 Å². The van der Waals surface area contributed by atoms with Gasteiger partial charge in [-0.25, -0.2) is 0 Å². The highest BCUT2D eigenvalue weighted by Crippen LogP contribution is 2.35. The summed E-state index contributed by atoms with van der Waals surface area (Å²) < 4.78 is 0. The van der Waals surface area contributed by atoms with E-state index < -0.39 is 0 Å². The summed E-state index contributed by atoms with van der Waals surface area (Å²) in [5.41, 5.74) is 0.354. The van der Waals surface area contributed by atoms with Crippen LogP contribution in [0.2, 0.25) is 0 Å². The normalized spacial score (nSPS) is 34.7. The first kappa shape index (κ1) is 17.2. The van der Waals surface area contributed by atoms with Gasteiger partial charge in [0.15, 0.2) is 0 Å². The minimum absolute atomic E-state index is 0.344. The molecule has 0 radical (unpaired) electrons. The summed E-state index contributed by atoms with van der Waals surface area (Å²) in [6.07, 6.45) is 6.22. The van der Waals surface area contributed by atoms with Crippen LogP contribution in [-0.4, -0.2) is 48.3 Å². The van der Waals surface area contributed by atoms with Gasteiger partial charge in [0.05, 0.1) is 0 Å². The minimum Gasteiger partial charge on any atom is -0.396 e. The van der Waals surface area contributed by atoms with Crippen LogP contribution in [0, 0.1) is 17.3 Å². The van der Waals surface area contributed by atoms with Gasteiger partial charge in [-0.2, -0.15) is 0 Å². The zero-order valence-electron chi connectivity index (χ0n) is 14.6. The number of nitrogens with one attached hydrogen (secondary N) is 1. The Kier molecular flexibility index (Phi) is 6.10. The van der Waals surface area contributed by atoms with Crippen molar-refractivity contribution < 1.29 is 5.11 Å². The molecule has 21 heavy (non-hydrogen) atoms. The van der Waals surface area contributed by atoms with E-state index in [4.69, 9.17) is 5.11 Å². The molecule has 3 nitrogen and oxygen atoms in total. The van der Waals surface area contributed by atoms with Gasteiger partial charge in [-0.1, -0.05) is 27.7 Å². The molecule has 0 spiro atoms. The Bertz CT molecular complexity index is 313. The lowest BCUT2D eigenvalue weighted by atomic mass is 9.77. The zero-order chi connectivity index (χ0) is 15.5. The van der Waals surface area contributed by atoms with Crippen LogP contribution in [0.1, 0.15) is 59.8 Å². The third-order valence-corrected chi connectivity index (χ3v) is 5.30. The van der Waals surface area contributed by atoms with Gasteiger partial charge in [0, 0.05) is 38.3 Å². The van der Waals surface area contributed by atoms with Crippen molar-refractivity contribution in [1.82, 2.24) is 10.2 Å². The van der Waals surface area contributed by atoms with Gasteiger partial charge >= 0.3 is 0 Å². The van der Waals surface area contributed by atoms with Gasteiger partial charge in [0.1, 0.15) is 0 Å². The number of aliphatic hydroxyl groups excluding tert-OH is 1. The lowest BCUT2D eigenvalue weighted by molar-refractivity contribution is 0.0187. The van der Waals surface area contributed by atoms with Crippen molar-refractivity contribution in [2.75, 3.05) is 26.2 Å². The second-order valence-electron chi connectivity index (χ2n) is 8.68. The van der Waals surface area contributed by atoms with Crippen LogP contribution in [0.5, 0.6) is 0 Å². The van der Waals surface area contributed by atoms with E-state index in [9.17, 15) is 0 Å². The molecule has 124 valence electrons. The first-order valence-corrected chi connectivity index (χ1v) is 8.97. The van der Waals surface area contributed by atoms with E-state index in [0.717, 1.165) is 30.8 Å². The van der Waals surface area contributed by atoms with Crippen LogP contribution in [0.3, 0.4) is 0 Å². The number of aliphatic hydroxyl groups is 1. The van der Waals surface area contributed by atoms with Crippen molar-refractivity contribution in [3.05, 3.63) is 0 Å². The van der Waals surface area contributed by atoms with Crippen molar-refractivity contribution in [1.29, 1.82) is 0 Å². The quantitative estimate of drug-likeness (QED) is 0.791. The predicted octanol–water partition coefficient (Wildman–Crippen LogP) is 2.88. The van der Waals surface area contributed by atoms with Gasteiger partial charge in [-0.3, -0.25) is 4.90 Å². The predicted molar refractivity (Wildman–Crippen MR) is 89.4 cm³/mol. The van der Waals surface area contributed by atoms with Crippen molar-refractivity contribution in [3.63, 3.8) is 0 Å². The highest BCUT2D eigenvalue weighted by atomic mass is 16.2. The number of hydrogen-bond donors (Lipinski definition) is 2. The summed E-state index contributed by atoms with van der Waals surface area (Å²) in [4.78, 5) is 2.75. The molecule has 2 rings (SSSR count). The molecular weight excluding hydrogens is 260 g/mol. The summed E-state index contributed by atoms with van der Waals surface area (Å²) in [6, 6.07) is 1.45. The van der Waals surface area contributed by atoms with E-state index in [-0.39, 0.29) is 0 Å². The highest BCUT2D eigenvalue weighted by molar-refractivity contribution is 4.93. The standard InChI is InChI=1S/C18H36N2O/c1-14-7-8-17(14)20-11-15(6-5-9-21)10-16(12-20)19-13-18(2,3)4/h14-17,19,21H,5-13H2,1-4H3. The zero-order valence-corrected chi connectivity index (χ0v) is 14.6. The molecule has 0 amide bonds. The van der Waals surface area contributed by atoms with E-state index in [1.165, 1.54) is 38.8 Å². The maximum Gasteiger partial charge on any atom is 0.0431 e. The number of rotatable bonds is 6. The smallest absolute Gasteiger partial charge is 0.0431 e. The summed E-state index contributed by atoms with van der Waals surface area (Å²) >= 11 is 0. The van der Waals surface area contributed by atoms with Crippen LogP contribution >= 0.6 is 0 Å². The van der Waals surface area contributed by atoms with Crippen LogP contribution in [0.25, 0.3) is 0 Å². The molecule has 1 saturated heterocycles. The second-order valence-corrected chi connectivity index (χ2v) is 8.68. The number of hydrogen-bond acceptors (Lipinski definition) is 3. The van der Waals surface area contributed by atoms with E-state index in [2.05, 4.69) is 37.9 Å². The third kappa shape index (κ3) is 5.22. The van der Waals surface area contributed by atoms with Gasteiger partial charge < -0.3 is 10.4 Å². The highest BCUT2D eigenvalue weighted by Gasteiger charge is 2.37. The monoisotopic (exact) mass is 296 g/mol. The summed E-state index contributed by atoms with van der Waals surface area (Å²) in [6.45, 7) is 13.2. The second kappa shape index (κ2) is 7.43. The molecule has 1 heterocycles. The van der Waals surface area contributed by atoms with Gasteiger partial charge in [-0.15, -0.1) is 0 Å². The molecule has 1 aliphatic carbocycles. The van der Waals surface area contributed by atoms with Crippen molar-refractivity contribution in [2.24, 2.45) is 17.3 Å². The molecule has 4 atom stereocenters. The molecule has 2 N–H and O–H groups in total. The third-order valence-electron chi connectivity index (χ3n) is 5.30. The van der Waals surface area contributed by atoms with Crippen LogP contribution in [0.4, 0.5) is 0 Å². The molecule has 1 aliphatic heterocycles. The molecule has 0 aromatic carbocycles. The first-order chi connectivity index (χ1) is 9.89. The first-order valence-electron chi connectivity index (χ1n) is 8.97. The summed E-state index contributed by atoms with van der Waals surface area (Å²) in [5, 5.41) is 12.9. The average molecular weight is 296 g/mol. The molecule has 0 aromatic rings. The Morgan fingerprint density at radius 2 is 1.95 bits per heavy atom. The summed E-state index contributed by atoms with van der Waals surface area (Å²) in [5.74, 6) is 1.64. The number of nitrogens with zero attached hydrogens (tertiary/aromatic N) is 1. The fourth-order valence-electron chi connectivity index (χ4n) is 3.89. The van der Waals surface area contributed by atoms with Crippen LogP contribution < -0.4 is 5.32 Å². The molecular formula is C18H36N2O. The van der Waals surface area contributed by atoms with Crippen LogP contribution in [0.15, 0.2) is 0 Å². The van der Waals surface area contributed by atoms with Crippen LogP contribution in [-0.2, 0) is 0 Å².